The van der Waals surface area contributed by atoms with Crippen LogP contribution in [0.4, 0.5) is 13.2 Å². The topological polar surface area (TPSA) is 31.1 Å². The van der Waals surface area contributed by atoms with Gasteiger partial charge in [0.05, 0.1) is 6.54 Å². The monoisotopic (exact) mass is 337 g/mol. The molecule has 5 rings (SSSR count). The van der Waals surface area contributed by atoms with Crippen molar-refractivity contribution in [2.75, 3.05) is 26.2 Å². The second kappa shape index (κ2) is 6.08. The minimum absolute atomic E-state index is 0.252. The summed E-state index contributed by atoms with van der Waals surface area (Å²) in [5, 5.41) is 3.63. The molecule has 0 amide bonds. The second-order valence-electron chi connectivity index (χ2n) is 7.03. The van der Waals surface area contributed by atoms with Gasteiger partial charge in [-0.1, -0.05) is 18.2 Å². The Morgan fingerprint density at radius 2 is 1.92 bits per heavy atom. The summed E-state index contributed by atoms with van der Waals surface area (Å²) < 4.78 is 37.5. The van der Waals surface area contributed by atoms with E-state index in [2.05, 4.69) is 15.2 Å². The molecule has 1 unspecified atom stereocenters. The maximum absolute atomic E-state index is 12.5. The SMILES string of the molecule is FC(F)(F)CNCc1c(C2CN3CCC2CC3)[nH]c2ccccc12. The summed E-state index contributed by atoms with van der Waals surface area (Å²) in [5.41, 5.74) is 3.17. The van der Waals surface area contributed by atoms with E-state index in [4.69, 9.17) is 0 Å². The molecule has 3 saturated heterocycles. The Bertz CT molecular complexity index is 714. The molecule has 3 aliphatic rings. The molecule has 0 spiro atoms. The summed E-state index contributed by atoms with van der Waals surface area (Å²) in [5.74, 6) is 1.05. The third-order valence-electron chi connectivity index (χ3n) is 5.50. The number of hydrogen-bond donors (Lipinski definition) is 2. The number of rotatable bonds is 4. The van der Waals surface area contributed by atoms with Gasteiger partial charge < -0.3 is 15.2 Å². The lowest BCUT2D eigenvalue weighted by atomic mass is 9.76. The summed E-state index contributed by atoms with van der Waals surface area (Å²) in [7, 11) is 0. The average molecular weight is 337 g/mol. The molecule has 3 aliphatic heterocycles. The van der Waals surface area contributed by atoms with Crippen LogP contribution in [0.25, 0.3) is 10.9 Å². The predicted molar refractivity (Wildman–Crippen MR) is 88.0 cm³/mol. The largest absolute Gasteiger partial charge is 0.401 e. The van der Waals surface area contributed by atoms with E-state index in [9.17, 15) is 13.2 Å². The lowest BCUT2D eigenvalue weighted by Crippen LogP contribution is -2.46. The Morgan fingerprint density at radius 3 is 2.58 bits per heavy atom. The summed E-state index contributed by atoms with van der Waals surface area (Å²) >= 11 is 0. The van der Waals surface area contributed by atoms with E-state index in [-0.39, 0.29) is 6.54 Å². The molecule has 1 aromatic heterocycles. The predicted octanol–water partition coefficient (Wildman–Crippen LogP) is 3.63. The number of aromatic amines is 1. The van der Waals surface area contributed by atoms with E-state index in [1.54, 1.807) is 0 Å². The molecule has 2 N–H and O–H groups in total. The van der Waals surface area contributed by atoms with Gasteiger partial charge in [-0.3, -0.25) is 0 Å². The third-order valence-corrected chi connectivity index (χ3v) is 5.50. The van der Waals surface area contributed by atoms with Gasteiger partial charge in [-0.15, -0.1) is 0 Å². The quantitative estimate of drug-likeness (QED) is 0.893. The van der Waals surface area contributed by atoms with Crippen LogP contribution in [0.1, 0.15) is 30.0 Å². The molecule has 3 nitrogen and oxygen atoms in total. The molecule has 0 saturated carbocycles. The summed E-state index contributed by atoms with van der Waals surface area (Å²) in [6.45, 7) is 2.63. The number of fused-ring (bicyclic) bond motifs is 4. The van der Waals surface area contributed by atoms with Crippen molar-refractivity contribution >= 4 is 10.9 Å². The lowest BCUT2D eigenvalue weighted by molar-refractivity contribution is -0.125. The first-order valence-corrected chi connectivity index (χ1v) is 8.60. The highest BCUT2D eigenvalue weighted by Crippen LogP contribution is 2.41. The smallest absolute Gasteiger partial charge is 0.358 e. The molecule has 0 radical (unpaired) electrons. The second-order valence-corrected chi connectivity index (χ2v) is 7.03. The molecule has 1 aromatic carbocycles. The van der Waals surface area contributed by atoms with Gasteiger partial charge >= 0.3 is 6.18 Å². The van der Waals surface area contributed by atoms with Crippen LogP contribution in [0.5, 0.6) is 0 Å². The van der Waals surface area contributed by atoms with E-state index >= 15 is 0 Å². The number of alkyl halides is 3. The van der Waals surface area contributed by atoms with Crippen molar-refractivity contribution in [2.45, 2.75) is 31.5 Å². The first-order valence-electron chi connectivity index (χ1n) is 8.60. The van der Waals surface area contributed by atoms with Crippen molar-refractivity contribution < 1.29 is 13.2 Å². The molecular weight excluding hydrogens is 315 g/mol. The van der Waals surface area contributed by atoms with Crippen molar-refractivity contribution in [3.05, 3.63) is 35.5 Å². The molecule has 2 bridgehead atoms. The van der Waals surface area contributed by atoms with E-state index < -0.39 is 12.7 Å². The van der Waals surface area contributed by atoms with Crippen LogP contribution in [0.15, 0.2) is 24.3 Å². The van der Waals surface area contributed by atoms with Gasteiger partial charge in [0.2, 0.25) is 0 Å². The standard InChI is InChI=1S/C18H22F3N3/c19-18(20,21)11-22-9-14-13-3-1-2-4-16(13)23-17(14)15-10-24-7-5-12(15)6-8-24/h1-4,12,15,22-23H,5-11H2. The number of benzene rings is 1. The Hall–Kier alpha value is -1.53. The number of H-pyrrole nitrogens is 1. The van der Waals surface area contributed by atoms with Crippen LogP contribution in [0.2, 0.25) is 0 Å². The van der Waals surface area contributed by atoms with Crippen LogP contribution >= 0.6 is 0 Å². The molecule has 2 aromatic rings. The van der Waals surface area contributed by atoms with Crippen LogP contribution in [0, 0.1) is 5.92 Å². The van der Waals surface area contributed by atoms with Gasteiger partial charge in [0.25, 0.3) is 0 Å². The highest BCUT2D eigenvalue weighted by molar-refractivity contribution is 5.84. The number of para-hydroxylation sites is 1. The normalized spacial score (nSPS) is 27.0. The zero-order chi connectivity index (χ0) is 16.7. The van der Waals surface area contributed by atoms with Gasteiger partial charge in [0.1, 0.15) is 0 Å². The maximum Gasteiger partial charge on any atom is 0.401 e. The van der Waals surface area contributed by atoms with Gasteiger partial charge in [0, 0.05) is 35.6 Å². The van der Waals surface area contributed by atoms with E-state index in [1.807, 2.05) is 24.3 Å². The number of piperidine rings is 3. The molecule has 4 heterocycles. The van der Waals surface area contributed by atoms with Crippen molar-refractivity contribution in [1.82, 2.24) is 15.2 Å². The summed E-state index contributed by atoms with van der Waals surface area (Å²) in [6.07, 6.45) is -1.80. The molecule has 130 valence electrons. The Balaban J connectivity index is 1.65. The first kappa shape index (κ1) is 16.0. The molecule has 24 heavy (non-hydrogen) atoms. The van der Waals surface area contributed by atoms with Crippen molar-refractivity contribution in [3.63, 3.8) is 0 Å². The van der Waals surface area contributed by atoms with E-state index in [0.29, 0.717) is 11.8 Å². The maximum atomic E-state index is 12.5. The molecule has 0 aliphatic carbocycles. The first-order chi connectivity index (χ1) is 11.5. The minimum Gasteiger partial charge on any atom is -0.358 e. The van der Waals surface area contributed by atoms with Crippen molar-refractivity contribution in [3.8, 4) is 0 Å². The van der Waals surface area contributed by atoms with Crippen LogP contribution in [-0.2, 0) is 6.54 Å². The van der Waals surface area contributed by atoms with Gasteiger partial charge in [-0.25, -0.2) is 0 Å². The number of hydrogen-bond acceptors (Lipinski definition) is 2. The van der Waals surface area contributed by atoms with Crippen molar-refractivity contribution in [2.24, 2.45) is 5.92 Å². The zero-order valence-electron chi connectivity index (χ0n) is 13.5. The Kier molecular flexibility index (Phi) is 4.04. The molecule has 6 heteroatoms. The molecule has 3 fully saturated rings. The number of nitrogens with zero attached hydrogens (tertiary/aromatic N) is 1. The van der Waals surface area contributed by atoms with E-state index in [1.165, 1.54) is 12.8 Å². The lowest BCUT2D eigenvalue weighted by Gasteiger charge is -2.45. The summed E-state index contributed by atoms with van der Waals surface area (Å²) in [4.78, 5) is 5.99. The Morgan fingerprint density at radius 1 is 1.17 bits per heavy atom. The average Bonchev–Trinajstić information content (AvgIpc) is 2.94. The fourth-order valence-corrected chi connectivity index (χ4v) is 4.35. The fraction of sp³-hybridized carbons (Fsp3) is 0.556. The fourth-order valence-electron chi connectivity index (χ4n) is 4.35. The zero-order valence-corrected chi connectivity index (χ0v) is 13.5. The van der Waals surface area contributed by atoms with Gasteiger partial charge in [0.15, 0.2) is 0 Å². The number of nitrogens with one attached hydrogen (secondary N) is 2. The highest BCUT2D eigenvalue weighted by Gasteiger charge is 2.37. The van der Waals surface area contributed by atoms with Gasteiger partial charge in [-0.2, -0.15) is 13.2 Å². The molecular formula is C18H22F3N3. The Labute approximate surface area is 139 Å². The molecule has 1 atom stereocenters. The highest BCUT2D eigenvalue weighted by atomic mass is 19.4. The van der Waals surface area contributed by atoms with E-state index in [0.717, 1.165) is 41.8 Å². The number of halogens is 3. The minimum atomic E-state index is -4.18. The summed E-state index contributed by atoms with van der Waals surface area (Å²) in [6, 6.07) is 7.92. The van der Waals surface area contributed by atoms with Gasteiger partial charge in [-0.05, 0) is 43.5 Å². The van der Waals surface area contributed by atoms with Crippen molar-refractivity contribution in [1.29, 1.82) is 0 Å². The van der Waals surface area contributed by atoms with Crippen LogP contribution in [-0.4, -0.2) is 42.2 Å². The third kappa shape index (κ3) is 3.05. The van der Waals surface area contributed by atoms with Crippen LogP contribution in [0.3, 0.4) is 0 Å². The van der Waals surface area contributed by atoms with Crippen LogP contribution < -0.4 is 5.32 Å². The number of aromatic nitrogens is 1.